The summed E-state index contributed by atoms with van der Waals surface area (Å²) >= 11 is 6.22. The number of halogens is 1. The van der Waals surface area contributed by atoms with E-state index in [0.717, 1.165) is 61.8 Å². The number of nitrogens with zero attached hydrogens (tertiary/aromatic N) is 2. The molecular formula is C19H22ClN3O. The Balaban J connectivity index is 1.62. The summed E-state index contributed by atoms with van der Waals surface area (Å²) in [5.74, 6) is 0. The maximum atomic E-state index is 10.9. The molecule has 0 aliphatic carbocycles. The summed E-state index contributed by atoms with van der Waals surface area (Å²) < 4.78 is 0. The molecule has 0 bridgehead atoms. The Morgan fingerprint density at radius 2 is 1.71 bits per heavy atom. The zero-order valence-electron chi connectivity index (χ0n) is 13.6. The van der Waals surface area contributed by atoms with Gasteiger partial charge in [0.15, 0.2) is 0 Å². The number of para-hydroxylation sites is 2. The van der Waals surface area contributed by atoms with Crippen LogP contribution in [0.5, 0.6) is 0 Å². The molecule has 0 radical (unpaired) electrons. The third-order valence-electron chi connectivity index (χ3n) is 4.38. The Morgan fingerprint density at radius 1 is 1.00 bits per heavy atom. The summed E-state index contributed by atoms with van der Waals surface area (Å²) in [5, 5.41) is 4.35. The maximum Gasteiger partial charge on any atom is 0.209 e. The summed E-state index contributed by atoms with van der Waals surface area (Å²) in [4.78, 5) is 15.0. The number of rotatable bonds is 6. The monoisotopic (exact) mass is 343 g/mol. The van der Waals surface area contributed by atoms with Gasteiger partial charge in [-0.1, -0.05) is 41.9 Å². The molecule has 3 rings (SSSR count). The van der Waals surface area contributed by atoms with Gasteiger partial charge >= 0.3 is 0 Å². The van der Waals surface area contributed by atoms with Crippen LogP contribution in [0.3, 0.4) is 0 Å². The number of nitrogens with one attached hydrogen (secondary N) is 1. The predicted molar refractivity (Wildman–Crippen MR) is 99.9 cm³/mol. The molecule has 0 aromatic heterocycles. The van der Waals surface area contributed by atoms with E-state index in [4.69, 9.17) is 11.6 Å². The van der Waals surface area contributed by atoms with Gasteiger partial charge in [-0.3, -0.25) is 4.79 Å². The number of carbonyl (C=O) groups excluding carboxylic acids is 1. The molecule has 1 fully saturated rings. The third-order valence-corrected chi connectivity index (χ3v) is 4.74. The number of hydrogen-bond acceptors (Lipinski definition) is 3. The van der Waals surface area contributed by atoms with Gasteiger partial charge in [0.2, 0.25) is 6.41 Å². The van der Waals surface area contributed by atoms with Crippen molar-refractivity contribution in [3.05, 3.63) is 59.1 Å². The lowest BCUT2D eigenvalue weighted by Gasteiger charge is -2.35. The van der Waals surface area contributed by atoms with Crippen LogP contribution in [0.25, 0.3) is 0 Å². The third kappa shape index (κ3) is 4.01. The molecule has 0 atom stereocenters. The molecule has 2 aromatic carbocycles. The van der Waals surface area contributed by atoms with Crippen LogP contribution in [-0.2, 0) is 11.2 Å². The SMILES string of the molecule is O=CN1CCN(c2ccccc2NCCc2ccccc2Cl)CC1. The second-order valence-corrected chi connectivity index (χ2v) is 6.32. The van der Waals surface area contributed by atoms with Gasteiger partial charge < -0.3 is 15.1 Å². The Bertz CT molecular complexity index is 684. The predicted octanol–water partition coefficient (Wildman–Crippen LogP) is 3.27. The van der Waals surface area contributed by atoms with Crippen molar-refractivity contribution in [1.29, 1.82) is 0 Å². The van der Waals surface area contributed by atoms with Gasteiger partial charge in [0, 0.05) is 37.7 Å². The fourth-order valence-electron chi connectivity index (χ4n) is 3.00. The first kappa shape index (κ1) is 16.7. The summed E-state index contributed by atoms with van der Waals surface area (Å²) in [6.07, 6.45) is 1.82. The van der Waals surface area contributed by atoms with Crippen LogP contribution in [0.1, 0.15) is 5.56 Å². The highest BCUT2D eigenvalue weighted by Crippen LogP contribution is 2.26. The largest absolute Gasteiger partial charge is 0.383 e. The highest BCUT2D eigenvalue weighted by molar-refractivity contribution is 6.31. The van der Waals surface area contributed by atoms with Crippen LogP contribution in [-0.4, -0.2) is 44.0 Å². The van der Waals surface area contributed by atoms with Crippen molar-refractivity contribution in [3.63, 3.8) is 0 Å². The van der Waals surface area contributed by atoms with E-state index in [1.807, 2.05) is 29.2 Å². The van der Waals surface area contributed by atoms with Crippen LogP contribution < -0.4 is 10.2 Å². The topological polar surface area (TPSA) is 35.6 Å². The van der Waals surface area contributed by atoms with Crippen molar-refractivity contribution in [2.45, 2.75) is 6.42 Å². The number of carbonyl (C=O) groups is 1. The minimum Gasteiger partial charge on any atom is -0.383 e. The van der Waals surface area contributed by atoms with E-state index in [2.05, 4.69) is 34.5 Å². The number of anilines is 2. The zero-order chi connectivity index (χ0) is 16.8. The fourth-order valence-corrected chi connectivity index (χ4v) is 3.23. The molecule has 2 aromatic rings. The van der Waals surface area contributed by atoms with Gasteiger partial charge in [-0.2, -0.15) is 0 Å². The summed E-state index contributed by atoms with van der Waals surface area (Å²) in [6, 6.07) is 16.3. The molecule has 1 saturated heterocycles. The van der Waals surface area contributed by atoms with E-state index in [9.17, 15) is 4.79 Å². The average Bonchev–Trinajstić information content (AvgIpc) is 2.64. The Kier molecular flexibility index (Phi) is 5.59. The number of piperazine rings is 1. The standard InChI is InChI=1S/C19H22ClN3O/c20-17-6-2-1-5-16(17)9-10-21-18-7-3-4-8-19(18)23-13-11-22(15-24)12-14-23/h1-8,15,21H,9-14H2. The summed E-state index contributed by atoms with van der Waals surface area (Å²) in [6.45, 7) is 4.11. The Labute approximate surface area is 148 Å². The lowest BCUT2D eigenvalue weighted by atomic mass is 10.1. The molecule has 5 heteroatoms. The molecule has 1 heterocycles. The van der Waals surface area contributed by atoms with Gasteiger partial charge in [0.1, 0.15) is 0 Å². The van der Waals surface area contributed by atoms with Crippen molar-refractivity contribution in [3.8, 4) is 0 Å². The van der Waals surface area contributed by atoms with Crippen molar-refractivity contribution >= 4 is 29.4 Å². The second kappa shape index (κ2) is 8.06. The first-order valence-corrected chi connectivity index (χ1v) is 8.66. The van der Waals surface area contributed by atoms with E-state index in [1.54, 1.807) is 0 Å². The quantitative estimate of drug-likeness (QED) is 0.818. The first-order chi connectivity index (χ1) is 11.8. The summed E-state index contributed by atoms with van der Waals surface area (Å²) in [7, 11) is 0. The Morgan fingerprint density at radius 3 is 2.46 bits per heavy atom. The zero-order valence-corrected chi connectivity index (χ0v) is 14.4. The normalized spacial score (nSPS) is 14.5. The molecule has 1 amide bonds. The molecule has 0 spiro atoms. The molecule has 4 nitrogen and oxygen atoms in total. The molecule has 1 aliphatic rings. The van der Waals surface area contributed by atoms with Gasteiger partial charge in [-0.05, 0) is 30.2 Å². The highest BCUT2D eigenvalue weighted by atomic mass is 35.5. The van der Waals surface area contributed by atoms with Crippen molar-refractivity contribution in [2.24, 2.45) is 0 Å². The molecule has 0 unspecified atom stereocenters. The van der Waals surface area contributed by atoms with Gasteiger partial charge in [0.05, 0.1) is 11.4 Å². The van der Waals surface area contributed by atoms with Crippen molar-refractivity contribution in [2.75, 3.05) is 42.9 Å². The summed E-state index contributed by atoms with van der Waals surface area (Å²) in [5.41, 5.74) is 3.48. The van der Waals surface area contributed by atoms with Crippen LogP contribution in [0.15, 0.2) is 48.5 Å². The fraction of sp³-hybridized carbons (Fsp3) is 0.316. The van der Waals surface area contributed by atoms with Crippen molar-refractivity contribution in [1.82, 2.24) is 4.90 Å². The number of hydrogen-bond donors (Lipinski definition) is 1. The van der Waals surface area contributed by atoms with E-state index >= 15 is 0 Å². The van der Waals surface area contributed by atoms with E-state index in [-0.39, 0.29) is 0 Å². The lowest BCUT2D eigenvalue weighted by Crippen LogP contribution is -2.45. The number of amides is 1. The molecule has 1 N–H and O–H groups in total. The van der Waals surface area contributed by atoms with Crippen molar-refractivity contribution < 1.29 is 4.79 Å². The second-order valence-electron chi connectivity index (χ2n) is 5.91. The van der Waals surface area contributed by atoms with E-state index in [1.165, 1.54) is 5.69 Å². The van der Waals surface area contributed by atoms with Gasteiger partial charge in [-0.25, -0.2) is 0 Å². The van der Waals surface area contributed by atoms with Crippen LogP contribution in [0.4, 0.5) is 11.4 Å². The van der Waals surface area contributed by atoms with Crippen LogP contribution >= 0.6 is 11.6 Å². The first-order valence-electron chi connectivity index (χ1n) is 8.28. The Hall–Kier alpha value is -2.20. The van der Waals surface area contributed by atoms with Crippen LogP contribution in [0, 0.1) is 0 Å². The van der Waals surface area contributed by atoms with Gasteiger partial charge in [0.25, 0.3) is 0 Å². The number of benzene rings is 2. The maximum absolute atomic E-state index is 10.9. The van der Waals surface area contributed by atoms with E-state index < -0.39 is 0 Å². The molecule has 0 saturated carbocycles. The minimum atomic E-state index is 0.775. The minimum absolute atomic E-state index is 0.775. The van der Waals surface area contributed by atoms with Gasteiger partial charge in [-0.15, -0.1) is 0 Å². The highest BCUT2D eigenvalue weighted by Gasteiger charge is 2.17. The smallest absolute Gasteiger partial charge is 0.209 e. The molecule has 24 heavy (non-hydrogen) atoms. The lowest BCUT2D eigenvalue weighted by molar-refractivity contribution is -0.118. The van der Waals surface area contributed by atoms with E-state index in [0.29, 0.717) is 0 Å². The molecular weight excluding hydrogens is 322 g/mol. The van der Waals surface area contributed by atoms with Crippen LogP contribution in [0.2, 0.25) is 5.02 Å². The molecule has 1 aliphatic heterocycles. The molecule has 126 valence electrons. The average molecular weight is 344 g/mol.